The number of nitrogens with zero attached hydrogens (tertiary/aromatic N) is 3. The van der Waals surface area contributed by atoms with Crippen LogP contribution in [0, 0.1) is 0 Å². The average molecular weight is 249 g/mol. The van der Waals surface area contributed by atoms with Crippen LogP contribution < -0.4 is 0 Å². The third-order valence-electron chi connectivity index (χ3n) is 2.63. The SMILES string of the molecule is COCCn1nc(-c2ccn(C)c2)cc1C(=O)O. The monoisotopic (exact) mass is 249 g/mol. The molecule has 0 bridgehead atoms. The predicted molar refractivity (Wildman–Crippen MR) is 65.5 cm³/mol. The van der Waals surface area contributed by atoms with E-state index in [0.717, 1.165) is 5.56 Å². The van der Waals surface area contributed by atoms with Crippen molar-refractivity contribution in [2.24, 2.45) is 7.05 Å². The summed E-state index contributed by atoms with van der Waals surface area (Å²) in [7, 11) is 3.48. The molecule has 6 heteroatoms. The highest BCUT2D eigenvalue weighted by atomic mass is 16.5. The van der Waals surface area contributed by atoms with E-state index in [1.54, 1.807) is 13.2 Å². The lowest BCUT2D eigenvalue weighted by Gasteiger charge is -2.02. The van der Waals surface area contributed by atoms with Crippen molar-refractivity contribution in [3.63, 3.8) is 0 Å². The number of carboxylic acids is 1. The van der Waals surface area contributed by atoms with E-state index in [2.05, 4.69) is 5.10 Å². The summed E-state index contributed by atoms with van der Waals surface area (Å²) in [6.45, 7) is 0.848. The standard InChI is InChI=1S/C12H15N3O3/c1-14-4-3-9(8-14)10-7-11(12(16)17)15(13-10)5-6-18-2/h3-4,7-8H,5-6H2,1-2H3,(H,16,17). The van der Waals surface area contributed by atoms with Gasteiger partial charge in [-0.2, -0.15) is 5.10 Å². The molecule has 96 valence electrons. The Morgan fingerprint density at radius 1 is 1.56 bits per heavy atom. The van der Waals surface area contributed by atoms with Crippen LogP contribution in [-0.2, 0) is 18.3 Å². The van der Waals surface area contributed by atoms with Crippen molar-refractivity contribution in [2.75, 3.05) is 13.7 Å². The van der Waals surface area contributed by atoms with Crippen LogP contribution in [-0.4, -0.2) is 39.1 Å². The number of aromatic carboxylic acids is 1. The molecule has 2 aromatic rings. The van der Waals surface area contributed by atoms with E-state index in [-0.39, 0.29) is 5.69 Å². The van der Waals surface area contributed by atoms with Crippen LogP contribution in [0.3, 0.4) is 0 Å². The zero-order chi connectivity index (χ0) is 13.1. The van der Waals surface area contributed by atoms with Crippen molar-refractivity contribution in [1.29, 1.82) is 0 Å². The third-order valence-corrected chi connectivity index (χ3v) is 2.63. The van der Waals surface area contributed by atoms with E-state index in [0.29, 0.717) is 18.8 Å². The molecule has 0 atom stereocenters. The molecule has 18 heavy (non-hydrogen) atoms. The minimum absolute atomic E-state index is 0.172. The lowest BCUT2D eigenvalue weighted by Crippen LogP contribution is -2.13. The Morgan fingerprint density at radius 2 is 2.33 bits per heavy atom. The zero-order valence-corrected chi connectivity index (χ0v) is 10.3. The molecule has 0 aliphatic rings. The maximum Gasteiger partial charge on any atom is 0.354 e. The lowest BCUT2D eigenvalue weighted by molar-refractivity contribution is 0.0680. The molecule has 0 unspecified atom stereocenters. The molecular weight excluding hydrogens is 234 g/mol. The van der Waals surface area contributed by atoms with Gasteiger partial charge in [0.15, 0.2) is 0 Å². The Bertz CT molecular complexity index is 557. The molecule has 0 spiro atoms. The highest BCUT2D eigenvalue weighted by molar-refractivity contribution is 5.87. The Morgan fingerprint density at radius 3 is 2.89 bits per heavy atom. The van der Waals surface area contributed by atoms with Crippen molar-refractivity contribution >= 4 is 5.97 Å². The number of ether oxygens (including phenoxy) is 1. The van der Waals surface area contributed by atoms with Gasteiger partial charge in [0.05, 0.1) is 18.8 Å². The second-order valence-corrected chi connectivity index (χ2v) is 4.00. The van der Waals surface area contributed by atoms with E-state index < -0.39 is 5.97 Å². The molecule has 0 aromatic carbocycles. The van der Waals surface area contributed by atoms with E-state index >= 15 is 0 Å². The molecule has 0 amide bonds. The zero-order valence-electron chi connectivity index (χ0n) is 10.3. The summed E-state index contributed by atoms with van der Waals surface area (Å²) in [6, 6.07) is 3.47. The number of aromatic nitrogens is 3. The second kappa shape index (κ2) is 5.05. The summed E-state index contributed by atoms with van der Waals surface area (Å²) in [5.74, 6) is -0.985. The number of rotatable bonds is 5. The van der Waals surface area contributed by atoms with E-state index in [1.807, 2.05) is 30.1 Å². The average Bonchev–Trinajstić information content (AvgIpc) is 2.92. The van der Waals surface area contributed by atoms with Gasteiger partial charge in [0.1, 0.15) is 5.69 Å². The van der Waals surface area contributed by atoms with Crippen LogP contribution in [0.5, 0.6) is 0 Å². The number of hydrogen-bond acceptors (Lipinski definition) is 3. The molecule has 0 radical (unpaired) electrons. The van der Waals surface area contributed by atoms with Crippen LogP contribution in [0.4, 0.5) is 0 Å². The molecule has 2 rings (SSSR count). The summed E-state index contributed by atoms with van der Waals surface area (Å²) in [6.07, 6.45) is 3.79. The minimum atomic E-state index is -0.985. The first-order valence-electron chi connectivity index (χ1n) is 5.54. The maximum absolute atomic E-state index is 11.1. The van der Waals surface area contributed by atoms with Crippen LogP contribution in [0.1, 0.15) is 10.5 Å². The van der Waals surface area contributed by atoms with Gasteiger partial charge in [0, 0.05) is 32.1 Å². The normalized spacial score (nSPS) is 10.8. The molecular formula is C12H15N3O3. The summed E-state index contributed by atoms with van der Waals surface area (Å²) < 4.78 is 8.29. The summed E-state index contributed by atoms with van der Waals surface area (Å²) in [5.41, 5.74) is 1.73. The summed E-state index contributed by atoms with van der Waals surface area (Å²) in [4.78, 5) is 11.1. The lowest BCUT2D eigenvalue weighted by atomic mass is 10.2. The van der Waals surface area contributed by atoms with E-state index in [9.17, 15) is 4.79 Å². The molecule has 0 aliphatic heterocycles. The predicted octanol–water partition coefficient (Wildman–Crippen LogP) is 1.23. The van der Waals surface area contributed by atoms with Gasteiger partial charge in [-0.25, -0.2) is 4.79 Å². The fourth-order valence-electron chi connectivity index (χ4n) is 1.73. The van der Waals surface area contributed by atoms with Gasteiger partial charge in [-0.15, -0.1) is 0 Å². The fourth-order valence-corrected chi connectivity index (χ4v) is 1.73. The van der Waals surface area contributed by atoms with Crippen molar-refractivity contribution in [1.82, 2.24) is 14.3 Å². The van der Waals surface area contributed by atoms with Crippen molar-refractivity contribution in [3.05, 3.63) is 30.2 Å². The van der Waals surface area contributed by atoms with Crippen molar-refractivity contribution < 1.29 is 14.6 Å². The second-order valence-electron chi connectivity index (χ2n) is 4.00. The van der Waals surface area contributed by atoms with Gasteiger partial charge in [-0.3, -0.25) is 4.68 Å². The quantitative estimate of drug-likeness (QED) is 0.865. The number of carbonyl (C=O) groups is 1. The molecule has 0 saturated heterocycles. The molecule has 0 fully saturated rings. The summed E-state index contributed by atoms with van der Waals surface area (Å²) >= 11 is 0. The van der Waals surface area contributed by atoms with E-state index in [4.69, 9.17) is 9.84 Å². The number of aryl methyl sites for hydroxylation is 1. The van der Waals surface area contributed by atoms with Gasteiger partial charge in [-0.1, -0.05) is 0 Å². The van der Waals surface area contributed by atoms with Gasteiger partial charge in [-0.05, 0) is 12.1 Å². The summed E-state index contributed by atoms with van der Waals surface area (Å²) in [5, 5.41) is 13.4. The Hall–Kier alpha value is -2.08. The van der Waals surface area contributed by atoms with Crippen LogP contribution in [0.15, 0.2) is 24.5 Å². The number of carboxylic acid groups (broad SMARTS) is 1. The highest BCUT2D eigenvalue weighted by Gasteiger charge is 2.15. The highest BCUT2D eigenvalue weighted by Crippen LogP contribution is 2.19. The molecule has 2 heterocycles. The van der Waals surface area contributed by atoms with Crippen LogP contribution >= 0.6 is 0 Å². The van der Waals surface area contributed by atoms with Gasteiger partial charge in [0.25, 0.3) is 0 Å². The van der Waals surface area contributed by atoms with Crippen LogP contribution in [0.2, 0.25) is 0 Å². The Balaban J connectivity index is 2.35. The molecule has 0 aliphatic carbocycles. The van der Waals surface area contributed by atoms with E-state index in [1.165, 1.54) is 4.68 Å². The smallest absolute Gasteiger partial charge is 0.354 e. The number of methoxy groups -OCH3 is 1. The topological polar surface area (TPSA) is 69.3 Å². The van der Waals surface area contributed by atoms with Gasteiger partial charge < -0.3 is 14.4 Å². The van der Waals surface area contributed by atoms with Gasteiger partial charge in [0.2, 0.25) is 0 Å². The largest absolute Gasteiger partial charge is 0.477 e. The first-order valence-corrected chi connectivity index (χ1v) is 5.54. The van der Waals surface area contributed by atoms with Gasteiger partial charge >= 0.3 is 5.97 Å². The Labute approximate surface area is 104 Å². The van der Waals surface area contributed by atoms with Crippen molar-refractivity contribution in [3.8, 4) is 11.3 Å². The molecule has 0 saturated carbocycles. The maximum atomic E-state index is 11.1. The first kappa shape index (κ1) is 12.4. The van der Waals surface area contributed by atoms with Crippen LogP contribution in [0.25, 0.3) is 11.3 Å². The fraction of sp³-hybridized carbons (Fsp3) is 0.333. The van der Waals surface area contributed by atoms with Crippen molar-refractivity contribution in [2.45, 2.75) is 6.54 Å². The molecule has 6 nitrogen and oxygen atoms in total. The first-order chi connectivity index (χ1) is 8.61. The third kappa shape index (κ3) is 2.43. The molecule has 1 N–H and O–H groups in total. The number of hydrogen-bond donors (Lipinski definition) is 1. The minimum Gasteiger partial charge on any atom is -0.477 e. The Kier molecular flexibility index (Phi) is 3.47. The molecule has 2 aromatic heterocycles.